The van der Waals surface area contributed by atoms with E-state index in [0.717, 1.165) is 0 Å². The number of para-hydroxylation sites is 1. The third kappa shape index (κ3) is 3.48. The van der Waals surface area contributed by atoms with Crippen LogP contribution in [-0.4, -0.2) is 29.2 Å². The molecule has 0 atom stereocenters. The second-order valence-electron chi connectivity index (χ2n) is 4.68. The van der Waals surface area contributed by atoms with Gasteiger partial charge >= 0.3 is 0 Å². The van der Waals surface area contributed by atoms with Gasteiger partial charge in [-0.2, -0.15) is 0 Å². The van der Waals surface area contributed by atoms with Crippen LogP contribution in [0.5, 0.6) is 11.5 Å². The van der Waals surface area contributed by atoms with Crippen molar-refractivity contribution in [1.82, 2.24) is 0 Å². The van der Waals surface area contributed by atoms with Gasteiger partial charge in [-0.3, -0.25) is 4.31 Å². The van der Waals surface area contributed by atoms with Crippen molar-refractivity contribution in [2.75, 3.05) is 25.1 Å². The lowest BCUT2D eigenvalue weighted by Gasteiger charge is -2.24. The fourth-order valence-electron chi connectivity index (χ4n) is 2.16. The van der Waals surface area contributed by atoms with Crippen molar-refractivity contribution in [2.45, 2.75) is 4.90 Å². The summed E-state index contributed by atoms with van der Waals surface area (Å²) in [6.07, 6.45) is 1.54. The number of methoxy groups -OCH3 is 2. The van der Waals surface area contributed by atoms with E-state index in [1.807, 2.05) is 6.07 Å². The van der Waals surface area contributed by atoms with Crippen LogP contribution in [-0.2, 0) is 10.0 Å². The first kappa shape index (κ1) is 16.9. The normalized spacial score (nSPS) is 10.9. The van der Waals surface area contributed by atoms with E-state index in [0.29, 0.717) is 11.4 Å². The Balaban J connectivity index is 2.60. The van der Waals surface area contributed by atoms with E-state index >= 15 is 0 Å². The molecule has 0 saturated carbocycles. The number of nitrogens with zero attached hydrogens (tertiary/aromatic N) is 1. The third-order valence-electron chi connectivity index (χ3n) is 3.28. The first-order valence-corrected chi connectivity index (χ1v) is 8.39. The van der Waals surface area contributed by atoms with Gasteiger partial charge in [0.2, 0.25) is 0 Å². The summed E-state index contributed by atoms with van der Waals surface area (Å²) in [5.74, 6) is 0.701. The molecule has 0 aromatic heterocycles. The van der Waals surface area contributed by atoms with E-state index in [-0.39, 0.29) is 17.2 Å². The largest absolute Gasteiger partial charge is 0.497 e. The fourth-order valence-corrected chi connectivity index (χ4v) is 3.77. The highest BCUT2D eigenvalue weighted by atomic mass is 32.2. The molecular formula is C17H19NO4S. The minimum Gasteiger partial charge on any atom is -0.497 e. The summed E-state index contributed by atoms with van der Waals surface area (Å²) in [6.45, 7) is 3.79. The first-order valence-electron chi connectivity index (χ1n) is 6.95. The molecule has 2 aromatic carbocycles. The molecule has 2 aromatic rings. The van der Waals surface area contributed by atoms with Gasteiger partial charge in [0, 0.05) is 6.07 Å². The molecule has 0 bridgehead atoms. The SMILES string of the molecule is C=CCN(c1ccccc1)S(=O)(=O)c1cc(OC)ccc1OC. The van der Waals surface area contributed by atoms with Gasteiger partial charge in [-0.05, 0) is 24.3 Å². The molecule has 0 radical (unpaired) electrons. The van der Waals surface area contributed by atoms with Crippen molar-refractivity contribution in [2.24, 2.45) is 0 Å². The summed E-state index contributed by atoms with van der Waals surface area (Å²) in [5.41, 5.74) is 0.553. The van der Waals surface area contributed by atoms with E-state index in [4.69, 9.17) is 9.47 Å². The zero-order valence-electron chi connectivity index (χ0n) is 13.1. The number of benzene rings is 2. The molecule has 0 spiro atoms. The smallest absolute Gasteiger partial charge is 0.268 e. The molecular weight excluding hydrogens is 314 g/mol. The summed E-state index contributed by atoms with van der Waals surface area (Å²) < 4.78 is 37.8. The highest BCUT2D eigenvalue weighted by Gasteiger charge is 2.28. The van der Waals surface area contributed by atoms with Gasteiger partial charge in [0.25, 0.3) is 10.0 Å². The third-order valence-corrected chi connectivity index (χ3v) is 5.09. The summed E-state index contributed by atoms with van der Waals surface area (Å²) in [6, 6.07) is 13.5. The molecule has 0 aliphatic rings. The van der Waals surface area contributed by atoms with Crippen molar-refractivity contribution in [3.63, 3.8) is 0 Å². The molecule has 0 amide bonds. The molecule has 0 aliphatic heterocycles. The number of sulfonamides is 1. The highest BCUT2D eigenvalue weighted by Crippen LogP contribution is 2.32. The number of hydrogen-bond donors (Lipinski definition) is 0. The van der Waals surface area contributed by atoms with Crippen molar-refractivity contribution >= 4 is 15.7 Å². The van der Waals surface area contributed by atoms with Crippen LogP contribution in [0.3, 0.4) is 0 Å². The molecule has 0 heterocycles. The van der Waals surface area contributed by atoms with Crippen molar-refractivity contribution in [3.8, 4) is 11.5 Å². The predicted octanol–water partition coefficient (Wildman–Crippen LogP) is 3.09. The van der Waals surface area contributed by atoms with Crippen molar-refractivity contribution in [1.29, 1.82) is 0 Å². The number of ether oxygens (including phenoxy) is 2. The van der Waals surface area contributed by atoms with Crippen LogP contribution in [0.4, 0.5) is 5.69 Å². The lowest BCUT2D eigenvalue weighted by atomic mass is 10.3. The molecule has 6 heteroatoms. The molecule has 5 nitrogen and oxygen atoms in total. The monoisotopic (exact) mass is 333 g/mol. The Kier molecular flexibility index (Phi) is 5.28. The molecule has 122 valence electrons. The number of hydrogen-bond acceptors (Lipinski definition) is 4. The Morgan fingerprint density at radius 1 is 1.09 bits per heavy atom. The maximum absolute atomic E-state index is 13.1. The topological polar surface area (TPSA) is 55.8 Å². The van der Waals surface area contributed by atoms with Crippen LogP contribution >= 0.6 is 0 Å². The Bertz CT molecular complexity index is 772. The van der Waals surface area contributed by atoms with Crippen LogP contribution in [0, 0.1) is 0 Å². The zero-order valence-corrected chi connectivity index (χ0v) is 13.9. The minimum atomic E-state index is -3.83. The Labute approximate surface area is 136 Å². The molecule has 2 rings (SSSR count). The van der Waals surface area contributed by atoms with E-state index in [1.54, 1.807) is 36.4 Å². The lowest BCUT2D eigenvalue weighted by molar-refractivity contribution is 0.392. The average molecular weight is 333 g/mol. The summed E-state index contributed by atoms with van der Waals surface area (Å²) in [5, 5.41) is 0. The quantitative estimate of drug-likeness (QED) is 0.731. The molecule has 23 heavy (non-hydrogen) atoms. The number of rotatable bonds is 7. The lowest BCUT2D eigenvalue weighted by Crippen LogP contribution is -2.31. The average Bonchev–Trinajstić information content (AvgIpc) is 2.59. The zero-order chi connectivity index (χ0) is 16.9. The van der Waals surface area contributed by atoms with E-state index in [9.17, 15) is 8.42 Å². The second kappa shape index (κ2) is 7.19. The van der Waals surface area contributed by atoms with Crippen molar-refractivity contribution in [3.05, 3.63) is 61.2 Å². The van der Waals surface area contributed by atoms with Gasteiger partial charge < -0.3 is 9.47 Å². The summed E-state index contributed by atoms with van der Waals surface area (Å²) in [4.78, 5) is 0.0463. The van der Waals surface area contributed by atoms with Crippen LogP contribution < -0.4 is 13.8 Å². The molecule has 0 fully saturated rings. The second-order valence-corrected chi connectivity index (χ2v) is 6.51. The molecule has 0 N–H and O–H groups in total. The Hall–Kier alpha value is -2.47. The van der Waals surface area contributed by atoms with Crippen LogP contribution in [0.25, 0.3) is 0 Å². The van der Waals surface area contributed by atoms with E-state index < -0.39 is 10.0 Å². The van der Waals surface area contributed by atoms with Gasteiger partial charge in [0.15, 0.2) is 0 Å². The van der Waals surface area contributed by atoms with Gasteiger partial charge in [0.05, 0.1) is 26.5 Å². The van der Waals surface area contributed by atoms with Crippen LogP contribution in [0.2, 0.25) is 0 Å². The highest BCUT2D eigenvalue weighted by molar-refractivity contribution is 7.93. The van der Waals surface area contributed by atoms with Gasteiger partial charge in [-0.25, -0.2) is 8.42 Å². The molecule has 0 unspecified atom stereocenters. The summed E-state index contributed by atoms with van der Waals surface area (Å²) >= 11 is 0. The number of anilines is 1. The van der Waals surface area contributed by atoms with Gasteiger partial charge in [0.1, 0.15) is 16.4 Å². The van der Waals surface area contributed by atoms with Gasteiger partial charge in [-0.1, -0.05) is 24.3 Å². The van der Waals surface area contributed by atoms with E-state index in [1.165, 1.54) is 30.7 Å². The fraction of sp³-hybridized carbons (Fsp3) is 0.176. The minimum absolute atomic E-state index is 0.0463. The maximum atomic E-state index is 13.1. The Morgan fingerprint density at radius 2 is 1.78 bits per heavy atom. The van der Waals surface area contributed by atoms with E-state index in [2.05, 4.69) is 6.58 Å². The summed E-state index contributed by atoms with van der Waals surface area (Å²) in [7, 11) is -0.920. The van der Waals surface area contributed by atoms with Crippen LogP contribution in [0.15, 0.2) is 66.1 Å². The first-order chi connectivity index (χ1) is 11.0. The maximum Gasteiger partial charge on any atom is 0.268 e. The van der Waals surface area contributed by atoms with Crippen LogP contribution in [0.1, 0.15) is 0 Å². The molecule has 0 saturated heterocycles. The predicted molar refractivity (Wildman–Crippen MR) is 90.7 cm³/mol. The van der Waals surface area contributed by atoms with Gasteiger partial charge in [-0.15, -0.1) is 6.58 Å². The molecule has 0 aliphatic carbocycles. The van der Waals surface area contributed by atoms with Crippen molar-refractivity contribution < 1.29 is 17.9 Å². The Morgan fingerprint density at radius 3 is 2.35 bits per heavy atom. The standard InChI is InChI=1S/C17H19NO4S/c1-4-12-18(14-8-6-5-7-9-14)23(19,20)17-13-15(21-2)10-11-16(17)22-3/h4-11,13H,1,12H2,2-3H3.